The van der Waals surface area contributed by atoms with Gasteiger partial charge in [-0.1, -0.05) is 27.7 Å². The Balaban J connectivity index is 0. The second kappa shape index (κ2) is 4.89. The third kappa shape index (κ3) is 2.50. The number of hydrogen-bond donors (Lipinski definition) is 1. The van der Waals surface area contributed by atoms with Crippen molar-refractivity contribution >= 4 is 23.3 Å². The molecule has 0 aromatic rings. The second-order valence-corrected chi connectivity index (χ2v) is 3.90. The fourth-order valence-corrected chi connectivity index (χ4v) is 1.16. The molecular weight excluding hydrogens is 167 g/mol. The first-order valence-corrected chi connectivity index (χ1v) is 4.06. The zero-order chi connectivity index (χ0) is 9.23. The van der Waals surface area contributed by atoms with Gasteiger partial charge in [-0.15, -0.1) is 0 Å². The summed E-state index contributed by atoms with van der Waals surface area (Å²) in [5, 5.41) is 8.97. The van der Waals surface area contributed by atoms with Gasteiger partial charge < -0.3 is 5.11 Å². The summed E-state index contributed by atoms with van der Waals surface area (Å²) in [6.07, 6.45) is 0. The third-order valence-corrected chi connectivity index (χ3v) is 2.86. The largest absolute Gasteiger partial charge is 0.481 e. The van der Waals surface area contributed by atoms with Gasteiger partial charge >= 0.3 is 5.97 Å². The van der Waals surface area contributed by atoms with Crippen LogP contribution in [0.15, 0.2) is 0 Å². The van der Waals surface area contributed by atoms with Gasteiger partial charge in [-0.2, -0.15) is 0 Å². The molecule has 1 N–H and O–H groups in total. The number of carbonyl (C=O) groups is 1. The van der Waals surface area contributed by atoms with Crippen molar-refractivity contribution in [2.24, 2.45) is 17.3 Å². The fourth-order valence-electron chi connectivity index (χ4n) is 1.16. The quantitative estimate of drug-likeness (QED) is 0.676. The molecule has 12 heavy (non-hydrogen) atoms. The average molecular weight is 188 g/mol. The SMILES string of the molecule is CC(C)C(C)(C(=O)O)C(C)C.[AlH3]. The Morgan fingerprint density at radius 1 is 1.17 bits per heavy atom. The lowest BCUT2D eigenvalue weighted by Gasteiger charge is -2.32. The van der Waals surface area contributed by atoms with Crippen LogP contribution in [-0.4, -0.2) is 28.4 Å². The van der Waals surface area contributed by atoms with Crippen molar-refractivity contribution in [3.8, 4) is 0 Å². The van der Waals surface area contributed by atoms with Crippen LogP contribution in [0.1, 0.15) is 34.6 Å². The van der Waals surface area contributed by atoms with Crippen molar-refractivity contribution in [3.63, 3.8) is 0 Å². The van der Waals surface area contributed by atoms with Crippen molar-refractivity contribution in [1.82, 2.24) is 0 Å². The zero-order valence-corrected chi connectivity index (χ0v) is 8.01. The Hall–Kier alpha value is 0.00247. The Morgan fingerprint density at radius 3 is 1.42 bits per heavy atom. The van der Waals surface area contributed by atoms with E-state index in [1.165, 1.54) is 0 Å². The molecule has 0 bridgehead atoms. The van der Waals surface area contributed by atoms with Gasteiger partial charge in [-0.05, 0) is 18.8 Å². The maximum atomic E-state index is 10.9. The molecule has 0 heterocycles. The highest BCUT2D eigenvalue weighted by Gasteiger charge is 2.39. The van der Waals surface area contributed by atoms with Crippen molar-refractivity contribution in [3.05, 3.63) is 0 Å². The number of carboxylic acids is 1. The monoisotopic (exact) mass is 188 g/mol. The molecule has 0 rings (SSSR count). The maximum Gasteiger partial charge on any atom is 0.309 e. The van der Waals surface area contributed by atoms with Crippen LogP contribution in [-0.2, 0) is 4.79 Å². The normalized spacial score (nSPS) is 11.6. The minimum atomic E-state index is -0.692. The number of rotatable bonds is 3. The summed E-state index contributed by atoms with van der Waals surface area (Å²) in [6, 6.07) is 0. The molecule has 0 aliphatic heterocycles. The lowest BCUT2D eigenvalue weighted by atomic mass is 9.71. The third-order valence-electron chi connectivity index (χ3n) is 2.86. The number of aliphatic carboxylic acids is 1. The molecule has 0 aliphatic carbocycles. The summed E-state index contributed by atoms with van der Waals surface area (Å²) in [4.78, 5) is 10.9. The van der Waals surface area contributed by atoms with Gasteiger partial charge in [0.2, 0.25) is 0 Å². The van der Waals surface area contributed by atoms with E-state index in [9.17, 15) is 4.79 Å². The number of hydrogen-bond acceptors (Lipinski definition) is 1. The standard InChI is InChI=1S/C9H18O2.Al.3H/c1-6(2)9(5,7(3)4)8(10)11;;;;/h6-7H,1-5H3,(H,10,11);;;;. The number of carboxylic acid groups (broad SMARTS) is 1. The highest BCUT2D eigenvalue weighted by Crippen LogP contribution is 2.35. The first-order valence-electron chi connectivity index (χ1n) is 4.06. The van der Waals surface area contributed by atoms with E-state index >= 15 is 0 Å². The van der Waals surface area contributed by atoms with Crippen LogP contribution in [0, 0.1) is 17.3 Å². The van der Waals surface area contributed by atoms with Gasteiger partial charge in [0.1, 0.15) is 0 Å². The van der Waals surface area contributed by atoms with Gasteiger partial charge in [0.25, 0.3) is 0 Å². The molecular formula is C9H21AlO2. The predicted molar refractivity (Wildman–Crippen MR) is 55.4 cm³/mol. The molecule has 0 atom stereocenters. The first-order chi connectivity index (χ1) is 4.83. The second-order valence-electron chi connectivity index (χ2n) is 3.90. The molecule has 2 nitrogen and oxygen atoms in total. The molecule has 0 saturated heterocycles. The molecule has 3 heteroatoms. The highest BCUT2D eigenvalue weighted by atomic mass is 27.0. The van der Waals surface area contributed by atoms with Gasteiger partial charge in [-0.3, -0.25) is 4.79 Å². The lowest BCUT2D eigenvalue weighted by molar-refractivity contribution is -0.153. The molecule has 0 spiro atoms. The molecule has 0 saturated carbocycles. The van der Waals surface area contributed by atoms with Crippen LogP contribution in [0.3, 0.4) is 0 Å². The van der Waals surface area contributed by atoms with E-state index in [-0.39, 0.29) is 29.2 Å². The van der Waals surface area contributed by atoms with E-state index in [1.54, 1.807) is 0 Å². The van der Waals surface area contributed by atoms with E-state index < -0.39 is 11.4 Å². The molecule has 0 radical (unpaired) electrons. The molecule has 0 aliphatic rings. The smallest absolute Gasteiger partial charge is 0.309 e. The van der Waals surface area contributed by atoms with Gasteiger partial charge in [-0.25, -0.2) is 0 Å². The van der Waals surface area contributed by atoms with Crippen molar-refractivity contribution in [2.45, 2.75) is 34.6 Å². The van der Waals surface area contributed by atoms with Crippen LogP contribution in [0.25, 0.3) is 0 Å². The zero-order valence-electron chi connectivity index (χ0n) is 8.01. The van der Waals surface area contributed by atoms with E-state index in [0.29, 0.717) is 0 Å². The van der Waals surface area contributed by atoms with Crippen molar-refractivity contribution < 1.29 is 9.90 Å². The lowest BCUT2D eigenvalue weighted by Crippen LogP contribution is -2.38. The molecule has 72 valence electrons. The van der Waals surface area contributed by atoms with Gasteiger partial charge in [0, 0.05) is 0 Å². The van der Waals surface area contributed by atoms with Crippen LogP contribution < -0.4 is 0 Å². The summed E-state index contributed by atoms with van der Waals surface area (Å²) in [7, 11) is 0. The minimum Gasteiger partial charge on any atom is -0.481 e. The van der Waals surface area contributed by atoms with E-state index in [4.69, 9.17) is 5.11 Å². The Bertz CT molecular complexity index is 145. The summed E-state index contributed by atoms with van der Waals surface area (Å²) < 4.78 is 0. The van der Waals surface area contributed by atoms with E-state index in [1.807, 2.05) is 34.6 Å². The molecule has 0 unspecified atom stereocenters. The van der Waals surface area contributed by atoms with Gasteiger partial charge in [0.05, 0.1) is 5.41 Å². The topological polar surface area (TPSA) is 37.3 Å². The fraction of sp³-hybridized carbons (Fsp3) is 0.889. The van der Waals surface area contributed by atoms with Crippen LogP contribution in [0.2, 0.25) is 0 Å². The molecule has 0 aromatic carbocycles. The molecule has 0 aromatic heterocycles. The predicted octanol–water partition coefficient (Wildman–Crippen LogP) is 1.21. The van der Waals surface area contributed by atoms with Crippen LogP contribution in [0.5, 0.6) is 0 Å². The van der Waals surface area contributed by atoms with Gasteiger partial charge in [0.15, 0.2) is 17.4 Å². The maximum absolute atomic E-state index is 10.9. The van der Waals surface area contributed by atoms with Crippen LogP contribution in [0.4, 0.5) is 0 Å². The summed E-state index contributed by atoms with van der Waals surface area (Å²) in [5.74, 6) is -0.331. The summed E-state index contributed by atoms with van der Waals surface area (Å²) >= 11 is 0. The van der Waals surface area contributed by atoms with Crippen LogP contribution >= 0.6 is 0 Å². The minimum absolute atomic E-state index is 0. The van der Waals surface area contributed by atoms with E-state index in [2.05, 4.69) is 0 Å². The van der Waals surface area contributed by atoms with Crippen molar-refractivity contribution in [2.75, 3.05) is 0 Å². The Kier molecular flexibility index (Phi) is 5.92. The summed E-state index contributed by atoms with van der Waals surface area (Å²) in [5.41, 5.74) is -0.583. The van der Waals surface area contributed by atoms with Crippen molar-refractivity contribution in [1.29, 1.82) is 0 Å². The summed E-state index contributed by atoms with van der Waals surface area (Å²) in [6.45, 7) is 9.62. The molecule has 0 fully saturated rings. The Morgan fingerprint density at radius 2 is 1.42 bits per heavy atom. The molecule has 0 amide bonds. The Labute approximate surface area is 85.5 Å². The average Bonchev–Trinajstić information content (AvgIpc) is 1.84. The first kappa shape index (κ1) is 14.5. The highest BCUT2D eigenvalue weighted by molar-refractivity contribution is 5.75. The van der Waals surface area contributed by atoms with E-state index in [0.717, 1.165) is 0 Å².